The first-order chi connectivity index (χ1) is 9.34. The summed E-state index contributed by atoms with van der Waals surface area (Å²) in [6, 6.07) is 5.05. The molecule has 2 rings (SSSR count). The van der Waals surface area contributed by atoms with Crippen molar-refractivity contribution in [3.8, 4) is 5.75 Å². The molecule has 1 aromatic rings. The second kappa shape index (κ2) is 6.19. The molecule has 0 bridgehead atoms. The van der Waals surface area contributed by atoms with Crippen LogP contribution in [0.4, 0.5) is 0 Å². The third-order valence-corrected chi connectivity index (χ3v) is 6.31. The van der Waals surface area contributed by atoms with E-state index in [0.29, 0.717) is 35.6 Å². The Kier molecular flexibility index (Phi) is 4.96. The lowest BCUT2D eigenvalue weighted by Gasteiger charge is -2.34. The summed E-state index contributed by atoms with van der Waals surface area (Å²) in [6.45, 7) is 5.40. The first kappa shape index (κ1) is 16.0. The van der Waals surface area contributed by atoms with Crippen LogP contribution in [0.25, 0.3) is 0 Å². The standard InChI is InChI=1S/C14H20INO3S/c1-10-6-11(2)9-16(8-10)20(17,18)12-4-5-13(15)14(7-12)19-3/h4-5,7,10-11H,6,8-9H2,1-3H3/t10-,11-/m0/s1. The highest BCUT2D eigenvalue weighted by Crippen LogP contribution is 2.29. The fourth-order valence-electron chi connectivity index (χ4n) is 2.75. The Morgan fingerprint density at radius 3 is 2.40 bits per heavy atom. The number of rotatable bonds is 3. The first-order valence-corrected chi connectivity index (χ1v) is 9.20. The van der Waals surface area contributed by atoms with Gasteiger partial charge in [0.15, 0.2) is 0 Å². The number of sulfonamides is 1. The summed E-state index contributed by atoms with van der Waals surface area (Å²) in [5, 5.41) is 0. The number of nitrogens with zero attached hydrogens (tertiary/aromatic N) is 1. The van der Waals surface area contributed by atoms with Gasteiger partial charge in [-0.05, 0) is 53.0 Å². The van der Waals surface area contributed by atoms with Crippen molar-refractivity contribution in [3.05, 3.63) is 21.8 Å². The fraction of sp³-hybridized carbons (Fsp3) is 0.571. The van der Waals surface area contributed by atoms with Gasteiger partial charge >= 0.3 is 0 Å². The number of hydrogen-bond acceptors (Lipinski definition) is 3. The third kappa shape index (κ3) is 3.28. The van der Waals surface area contributed by atoms with Crippen LogP contribution in [0.1, 0.15) is 20.3 Å². The normalized spacial score (nSPS) is 24.6. The monoisotopic (exact) mass is 409 g/mol. The van der Waals surface area contributed by atoms with E-state index in [4.69, 9.17) is 4.74 Å². The SMILES string of the molecule is COc1cc(S(=O)(=O)N2C[C@@H](C)C[C@H](C)C2)ccc1I. The van der Waals surface area contributed by atoms with E-state index in [1.165, 1.54) is 0 Å². The van der Waals surface area contributed by atoms with Crippen LogP contribution < -0.4 is 4.74 Å². The van der Waals surface area contributed by atoms with Gasteiger partial charge in [-0.1, -0.05) is 13.8 Å². The van der Waals surface area contributed by atoms with Gasteiger partial charge in [-0.3, -0.25) is 0 Å². The van der Waals surface area contributed by atoms with Crippen LogP contribution in [0, 0.1) is 15.4 Å². The first-order valence-electron chi connectivity index (χ1n) is 6.68. The largest absolute Gasteiger partial charge is 0.496 e. The molecule has 2 atom stereocenters. The third-order valence-electron chi connectivity index (χ3n) is 3.60. The molecule has 112 valence electrons. The zero-order valence-corrected chi connectivity index (χ0v) is 14.9. The van der Waals surface area contributed by atoms with E-state index in [1.54, 1.807) is 29.6 Å². The van der Waals surface area contributed by atoms with E-state index in [1.807, 2.05) is 0 Å². The van der Waals surface area contributed by atoms with Gasteiger partial charge < -0.3 is 4.74 Å². The maximum absolute atomic E-state index is 12.7. The van der Waals surface area contributed by atoms with E-state index in [0.717, 1.165) is 9.99 Å². The van der Waals surface area contributed by atoms with Gasteiger partial charge in [-0.2, -0.15) is 4.31 Å². The van der Waals surface area contributed by atoms with E-state index in [2.05, 4.69) is 36.4 Å². The van der Waals surface area contributed by atoms with Crippen molar-refractivity contribution in [3.63, 3.8) is 0 Å². The van der Waals surface area contributed by atoms with Crippen LogP contribution in [0.2, 0.25) is 0 Å². The summed E-state index contributed by atoms with van der Waals surface area (Å²) in [7, 11) is -1.87. The van der Waals surface area contributed by atoms with Gasteiger partial charge in [0.25, 0.3) is 0 Å². The molecule has 0 radical (unpaired) electrons. The molecule has 0 N–H and O–H groups in total. The average Bonchev–Trinajstić information content (AvgIpc) is 2.37. The zero-order valence-electron chi connectivity index (χ0n) is 12.0. The van der Waals surface area contributed by atoms with E-state index >= 15 is 0 Å². The Labute approximate surface area is 134 Å². The smallest absolute Gasteiger partial charge is 0.243 e. The van der Waals surface area contributed by atoms with Crippen molar-refractivity contribution >= 4 is 32.6 Å². The van der Waals surface area contributed by atoms with Crippen molar-refractivity contribution in [1.29, 1.82) is 0 Å². The predicted octanol–water partition coefficient (Wildman–Crippen LogP) is 2.97. The number of benzene rings is 1. The van der Waals surface area contributed by atoms with E-state index < -0.39 is 10.0 Å². The minimum Gasteiger partial charge on any atom is -0.496 e. The lowest BCUT2D eigenvalue weighted by Crippen LogP contribution is -2.42. The zero-order chi connectivity index (χ0) is 14.9. The van der Waals surface area contributed by atoms with E-state index in [-0.39, 0.29) is 0 Å². The fourth-order valence-corrected chi connectivity index (χ4v) is 5.00. The quantitative estimate of drug-likeness (QED) is 0.722. The molecule has 6 heteroatoms. The Hall–Kier alpha value is -0.340. The van der Waals surface area contributed by atoms with E-state index in [9.17, 15) is 8.42 Å². The molecule has 0 amide bonds. The molecular formula is C14H20INO3S. The predicted molar refractivity (Wildman–Crippen MR) is 87.4 cm³/mol. The maximum atomic E-state index is 12.7. The van der Waals surface area contributed by atoms with Crippen molar-refractivity contribution in [2.24, 2.45) is 11.8 Å². The molecule has 20 heavy (non-hydrogen) atoms. The molecule has 1 aromatic carbocycles. The number of piperidine rings is 1. The van der Waals surface area contributed by atoms with Crippen LogP contribution in [0.3, 0.4) is 0 Å². The summed E-state index contributed by atoms with van der Waals surface area (Å²) in [5.41, 5.74) is 0. The van der Waals surface area contributed by atoms with Crippen molar-refractivity contribution < 1.29 is 13.2 Å². The Bertz CT molecular complexity index is 578. The number of ether oxygens (including phenoxy) is 1. The molecule has 1 aliphatic heterocycles. The molecule has 1 heterocycles. The highest BCUT2D eigenvalue weighted by Gasteiger charge is 2.31. The minimum atomic E-state index is -3.43. The van der Waals surface area contributed by atoms with Gasteiger partial charge in [0, 0.05) is 19.2 Å². The molecule has 1 fully saturated rings. The van der Waals surface area contributed by atoms with Crippen LogP contribution in [0.5, 0.6) is 5.75 Å². The highest BCUT2D eigenvalue weighted by atomic mass is 127. The lowest BCUT2D eigenvalue weighted by atomic mass is 9.94. The molecule has 4 nitrogen and oxygen atoms in total. The van der Waals surface area contributed by atoms with Gasteiger partial charge in [0.05, 0.1) is 15.6 Å². The molecule has 0 unspecified atom stereocenters. The highest BCUT2D eigenvalue weighted by molar-refractivity contribution is 14.1. The molecular weight excluding hydrogens is 389 g/mol. The summed E-state index contributed by atoms with van der Waals surface area (Å²) in [6.07, 6.45) is 1.09. The van der Waals surface area contributed by atoms with Gasteiger partial charge in [-0.25, -0.2) is 8.42 Å². The Balaban J connectivity index is 2.34. The summed E-state index contributed by atoms with van der Waals surface area (Å²) >= 11 is 2.13. The Morgan fingerprint density at radius 1 is 1.25 bits per heavy atom. The Morgan fingerprint density at radius 2 is 1.85 bits per heavy atom. The second-order valence-electron chi connectivity index (χ2n) is 5.56. The van der Waals surface area contributed by atoms with Gasteiger partial charge in [0.2, 0.25) is 10.0 Å². The second-order valence-corrected chi connectivity index (χ2v) is 8.66. The summed E-state index contributed by atoms with van der Waals surface area (Å²) in [4.78, 5) is 0.316. The van der Waals surface area contributed by atoms with Gasteiger partial charge in [0.1, 0.15) is 5.75 Å². The van der Waals surface area contributed by atoms with Crippen molar-refractivity contribution in [2.45, 2.75) is 25.2 Å². The van der Waals surface area contributed by atoms with Crippen molar-refractivity contribution in [2.75, 3.05) is 20.2 Å². The van der Waals surface area contributed by atoms with Gasteiger partial charge in [-0.15, -0.1) is 0 Å². The maximum Gasteiger partial charge on any atom is 0.243 e. The summed E-state index contributed by atoms with van der Waals surface area (Å²) in [5.74, 6) is 1.41. The molecule has 0 spiro atoms. The van der Waals surface area contributed by atoms with Crippen LogP contribution >= 0.6 is 22.6 Å². The molecule has 0 aromatic heterocycles. The number of hydrogen-bond donors (Lipinski definition) is 0. The minimum absolute atomic E-state index is 0.316. The average molecular weight is 409 g/mol. The molecule has 0 saturated carbocycles. The van der Waals surface area contributed by atoms with Crippen LogP contribution in [0.15, 0.2) is 23.1 Å². The molecule has 1 saturated heterocycles. The molecule has 1 aliphatic rings. The van der Waals surface area contributed by atoms with Crippen LogP contribution in [-0.4, -0.2) is 32.9 Å². The van der Waals surface area contributed by atoms with Crippen molar-refractivity contribution in [1.82, 2.24) is 4.31 Å². The van der Waals surface area contributed by atoms with Crippen LogP contribution in [-0.2, 0) is 10.0 Å². The lowest BCUT2D eigenvalue weighted by molar-refractivity contribution is 0.222. The number of halogens is 1. The number of methoxy groups -OCH3 is 1. The topological polar surface area (TPSA) is 46.6 Å². The summed E-state index contributed by atoms with van der Waals surface area (Å²) < 4.78 is 33.2. The molecule has 0 aliphatic carbocycles.